The Bertz CT molecular complexity index is 751. The lowest BCUT2D eigenvalue weighted by molar-refractivity contribution is 0.213. The number of rotatable bonds is 9. The average molecular weight is 513 g/mol. The maximum Gasteiger partial charge on any atom is 0.191 e. The highest BCUT2D eigenvalue weighted by Crippen LogP contribution is 2.26. The zero-order chi connectivity index (χ0) is 20.4. The van der Waals surface area contributed by atoms with Gasteiger partial charge < -0.3 is 24.8 Å². The number of ether oxygens (including phenoxy) is 3. The van der Waals surface area contributed by atoms with Crippen LogP contribution in [0.15, 0.2) is 53.5 Å². The van der Waals surface area contributed by atoms with Crippen LogP contribution < -0.4 is 24.8 Å². The van der Waals surface area contributed by atoms with Gasteiger partial charge in [-0.1, -0.05) is 24.3 Å². The van der Waals surface area contributed by atoms with Gasteiger partial charge in [0.05, 0.1) is 19.8 Å². The molecule has 6 nitrogen and oxygen atoms in total. The standard InChI is InChI=1S/C22H31N3O3.HI/c1-16(2)27-19-12-10-18(11-13-19)15-25-22(23-4)24-14-17(3)28-21-9-7-6-8-20(21)26-5;/h6-13,16-17H,14-15H2,1-5H3,(H2,23,24,25);1H. The van der Waals surface area contributed by atoms with Crippen molar-refractivity contribution in [2.24, 2.45) is 4.99 Å². The third-order valence-corrected chi connectivity index (χ3v) is 3.93. The summed E-state index contributed by atoms with van der Waals surface area (Å²) < 4.78 is 16.9. The quantitative estimate of drug-likeness (QED) is 0.299. The molecule has 0 aliphatic rings. The fraction of sp³-hybridized carbons (Fsp3) is 0.409. The summed E-state index contributed by atoms with van der Waals surface area (Å²) in [4.78, 5) is 4.26. The molecule has 0 aliphatic carbocycles. The topological polar surface area (TPSA) is 64.1 Å². The molecule has 0 heterocycles. The van der Waals surface area contributed by atoms with Crippen molar-refractivity contribution in [3.8, 4) is 17.2 Å². The average Bonchev–Trinajstić information content (AvgIpc) is 2.69. The third kappa shape index (κ3) is 8.81. The number of hydrogen-bond donors (Lipinski definition) is 2. The van der Waals surface area contributed by atoms with E-state index in [1.54, 1.807) is 14.2 Å². The van der Waals surface area contributed by atoms with Crippen molar-refractivity contribution in [3.05, 3.63) is 54.1 Å². The zero-order valence-electron chi connectivity index (χ0n) is 17.8. The molecule has 1 unspecified atom stereocenters. The SMILES string of the molecule is CN=C(NCc1ccc(OC(C)C)cc1)NCC(C)Oc1ccccc1OC.I. The van der Waals surface area contributed by atoms with Gasteiger partial charge in [0.1, 0.15) is 11.9 Å². The Balaban J connectivity index is 0.00000420. The molecule has 0 radical (unpaired) electrons. The van der Waals surface area contributed by atoms with E-state index >= 15 is 0 Å². The first kappa shape index (κ1) is 24.9. The van der Waals surface area contributed by atoms with Crippen LogP contribution in [0.4, 0.5) is 0 Å². The lowest BCUT2D eigenvalue weighted by atomic mass is 10.2. The lowest BCUT2D eigenvalue weighted by Crippen LogP contribution is -2.41. The largest absolute Gasteiger partial charge is 0.493 e. The summed E-state index contributed by atoms with van der Waals surface area (Å²) in [5.74, 6) is 3.05. The van der Waals surface area contributed by atoms with E-state index in [0.29, 0.717) is 13.1 Å². The van der Waals surface area contributed by atoms with Crippen molar-refractivity contribution in [3.63, 3.8) is 0 Å². The molecule has 2 aromatic rings. The Labute approximate surface area is 191 Å². The third-order valence-electron chi connectivity index (χ3n) is 3.93. The second-order valence-corrected chi connectivity index (χ2v) is 6.70. The van der Waals surface area contributed by atoms with Gasteiger partial charge >= 0.3 is 0 Å². The van der Waals surface area contributed by atoms with Crippen LogP contribution in [0.25, 0.3) is 0 Å². The number of benzene rings is 2. The van der Waals surface area contributed by atoms with E-state index in [2.05, 4.69) is 15.6 Å². The van der Waals surface area contributed by atoms with Crippen LogP contribution in [0.3, 0.4) is 0 Å². The first-order valence-corrected chi connectivity index (χ1v) is 9.51. The van der Waals surface area contributed by atoms with E-state index in [1.807, 2.05) is 69.3 Å². The van der Waals surface area contributed by atoms with E-state index in [4.69, 9.17) is 14.2 Å². The molecule has 0 aliphatic heterocycles. The predicted octanol–water partition coefficient (Wildman–Crippen LogP) is 4.23. The van der Waals surface area contributed by atoms with Crippen LogP contribution in [-0.2, 0) is 6.54 Å². The maximum atomic E-state index is 5.95. The molecule has 160 valence electrons. The van der Waals surface area contributed by atoms with E-state index in [-0.39, 0.29) is 36.2 Å². The molecule has 1 atom stereocenters. The van der Waals surface area contributed by atoms with Crippen LogP contribution >= 0.6 is 24.0 Å². The second kappa shape index (κ2) is 13.1. The van der Waals surface area contributed by atoms with E-state index < -0.39 is 0 Å². The van der Waals surface area contributed by atoms with Crippen LogP contribution in [0.5, 0.6) is 17.2 Å². The van der Waals surface area contributed by atoms with E-state index in [9.17, 15) is 0 Å². The molecule has 0 amide bonds. The Morgan fingerprint density at radius 1 is 0.931 bits per heavy atom. The molecule has 7 heteroatoms. The molecule has 0 spiro atoms. The van der Waals surface area contributed by atoms with Gasteiger partial charge in [0.15, 0.2) is 17.5 Å². The molecule has 0 saturated carbocycles. The van der Waals surface area contributed by atoms with Gasteiger partial charge in [0, 0.05) is 13.6 Å². The number of aliphatic imine (C=N–C) groups is 1. The fourth-order valence-corrected chi connectivity index (χ4v) is 2.58. The molecule has 2 aromatic carbocycles. The minimum Gasteiger partial charge on any atom is -0.493 e. The fourth-order valence-electron chi connectivity index (χ4n) is 2.58. The molecule has 2 N–H and O–H groups in total. The number of methoxy groups -OCH3 is 1. The van der Waals surface area contributed by atoms with Crippen molar-refractivity contribution in [1.82, 2.24) is 10.6 Å². The van der Waals surface area contributed by atoms with Crippen molar-refractivity contribution in [1.29, 1.82) is 0 Å². The lowest BCUT2D eigenvalue weighted by Gasteiger charge is -2.19. The Morgan fingerprint density at radius 2 is 1.59 bits per heavy atom. The van der Waals surface area contributed by atoms with Crippen LogP contribution in [0.2, 0.25) is 0 Å². The number of nitrogens with zero attached hydrogens (tertiary/aromatic N) is 1. The molecule has 0 saturated heterocycles. The minimum absolute atomic E-state index is 0. The first-order chi connectivity index (χ1) is 13.5. The zero-order valence-corrected chi connectivity index (χ0v) is 20.1. The van der Waals surface area contributed by atoms with Crippen molar-refractivity contribution in [2.75, 3.05) is 20.7 Å². The molecular formula is C22H32IN3O3. The van der Waals surface area contributed by atoms with Crippen LogP contribution in [0.1, 0.15) is 26.3 Å². The summed E-state index contributed by atoms with van der Waals surface area (Å²) >= 11 is 0. The summed E-state index contributed by atoms with van der Waals surface area (Å²) in [5, 5.41) is 6.59. The summed E-state index contributed by atoms with van der Waals surface area (Å²) in [7, 11) is 3.39. The summed E-state index contributed by atoms with van der Waals surface area (Å²) in [6.45, 7) is 7.32. The van der Waals surface area contributed by atoms with Crippen molar-refractivity contribution >= 4 is 29.9 Å². The summed E-state index contributed by atoms with van der Waals surface area (Å²) in [6.07, 6.45) is 0.120. The highest BCUT2D eigenvalue weighted by Gasteiger charge is 2.09. The highest BCUT2D eigenvalue weighted by molar-refractivity contribution is 14.0. The molecule has 0 fully saturated rings. The van der Waals surface area contributed by atoms with E-state index in [1.165, 1.54) is 0 Å². The Kier molecular flexibility index (Phi) is 11.3. The summed E-state index contributed by atoms with van der Waals surface area (Å²) in [5.41, 5.74) is 1.15. The van der Waals surface area contributed by atoms with E-state index in [0.717, 1.165) is 28.8 Å². The molecule has 29 heavy (non-hydrogen) atoms. The van der Waals surface area contributed by atoms with Gasteiger partial charge in [0.25, 0.3) is 0 Å². The minimum atomic E-state index is -0.0534. The van der Waals surface area contributed by atoms with Gasteiger partial charge in [-0.25, -0.2) is 0 Å². The Hall–Kier alpha value is -2.16. The number of nitrogens with one attached hydrogen (secondary N) is 2. The van der Waals surface area contributed by atoms with Gasteiger partial charge in [-0.15, -0.1) is 24.0 Å². The summed E-state index contributed by atoms with van der Waals surface area (Å²) in [6, 6.07) is 15.7. The highest BCUT2D eigenvalue weighted by atomic mass is 127. The second-order valence-electron chi connectivity index (χ2n) is 6.70. The van der Waals surface area contributed by atoms with Gasteiger partial charge in [0.2, 0.25) is 0 Å². The van der Waals surface area contributed by atoms with Crippen LogP contribution in [0, 0.1) is 0 Å². The predicted molar refractivity (Wildman–Crippen MR) is 129 cm³/mol. The normalized spacial score (nSPS) is 12.0. The van der Waals surface area contributed by atoms with Crippen molar-refractivity contribution in [2.45, 2.75) is 39.5 Å². The Morgan fingerprint density at radius 3 is 2.17 bits per heavy atom. The number of para-hydroxylation sites is 2. The monoisotopic (exact) mass is 513 g/mol. The van der Waals surface area contributed by atoms with Gasteiger partial charge in [-0.3, -0.25) is 4.99 Å². The molecular weight excluding hydrogens is 481 g/mol. The number of halogens is 1. The smallest absolute Gasteiger partial charge is 0.191 e. The maximum absolute atomic E-state index is 5.95. The van der Waals surface area contributed by atoms with Gasteiger partial charge in [-0.05, 0) is 50.6 Å². The van der Waals surface area contributed by atoms with Gasteiger partial charge in [-0.2, -0.15) is 0 Å². The number of guanidine groups is 1. The van der Waals surface area contributed by atoms with Crippen LogP contribution in [-0.4, -0.2) is 38.9 Å². The molecule has 0 aromatic heterocycles. The first-order valence-electron chi connectivity index (χ1n) is 9.51. The number of hydrogen-bond acceptors (Lipinski definition) is 4. The molecule has 0 bridgehead atoms. The molecule has 2 rings (SSSR count). The van der Waals surface area contributed by atoms with Crippen molar-refractivity contribution < 1.29 is 14.2 Å².